The molecule has 1 unspecified atom stereocenters. The molecule has 0 aliphatic heterocycles. The molecule has 4 nitrogen and oxygen atoms in total. The SMILES string of the molecule is COc1cc(C(O)CCCC(F)(F)F)ncn1. The summed E-state index contributed by atoms with van der Waals surface area (Å²) in [6.07, 6.45) is -5.08. The highest BCUT2D eigenvalue weighted by Gasteiger charge is 2.26. The van der Waals surface area contributed by atoms with E-state index in [1.54, 1.807) is 0 Å². The number of rotatable bonds is 5. The maximum absolute atomic E-state index is 11.9. The molecule has 96 valence electrons. The van der Waals surface area contributed by atoms with Crippen LogP contribution >= 0.6 is 0 Å². The Kier molecular flexibility index (Phi) is 4.68. The summed E-state index contributed by atoms with van der Waals surface area (Å²) in [6, 6.07) is 1.40. The topological polar surface area (TPSA) is 55.2 Å². The van der Waals surface area contributed by atoms with Crippen LogP contribution in [0.5, 0.6) is 5.88 Å². The van der Waals surface area contributed by atoms with Gasteiger partial charge in [0, 0.05) is 12.5 Å². The first-order valence-electron chi connectivity index (χ1n) is 5.03. The van der Waals surface area contributed by atoms with E-state index in [-0.39, 0.29) is 24.4 Å². The molecule has 0 aliphatic rings. The van der Waals surface area contributed by atoms with Gasteiger partial charge in [0.15, 0.2) is 0 Å². The Labute approximate surface area is 96.5 Å². The lowest BCUT2D eigenvalue weighted by Gasteiger charge is -2.11. The van der Waals surface area contributed by atoms with Crippen molar-refractivity contribution < 1.29 is 23.0 Å². The van der Waals surface area contributed by atoms with Gasteiger partial charge < -0.3 is 9.84 Å². The molecule has 17 heavy (non-hydrogen) atoms. The molecule has 0 saturated heterocycles. The summed E-state index contributed by atoms with van der Waals surface area (Å²) >= 11 is 0. The van der Waals surface area contributed by atoms with Gasteiger partial charge in [-0.25, -0.2) is 9.97 Å². The second-order valence-corrected chi connectivity index (χ2v) is 3.51. The number of aromatic nitrogens is 2. The third kappa shape index (κ3) is 4.99. The van der Waals surface area contributed by atoms with Gasteiger partial charge in [-0.05, 0) is 12.8 Å². The van der Waals surface area contributed by atoms with Crippen LogP contribution in [0.25, 0.3) is 0 Å². The number of aliphatic hydroxyl groups is 1. The van der Waals surface area contributed by atoms with Crippen molar-refractivity contribution in [3.8, 4) is 5.88 Å². The van der Waals surface area contributed by atoms with E-state index in [4.69, 9.17) is 4.74 Å². The normalized spacial score (nSPS) is 13.5. The third-order valence-corrected chi connectivity index (χ3v) is 2.15. The fraction of sp³-hybridized carbons (Fsp3) is 0.600. The molecular weight excluding hydrogens is 237 g/mol. The number of hydrogen-bond acceptors (Lipinski definition) is 4. The Hall–Kier alpha value is -1.37. The zero-order chi connectivity index (χ0) is 12.9. The summed E-state index contributed by atoms with van der Waals surface area (Å²) < 4.78 is 40.5. The van der Waals surface area contributed by atoms with Crippen molar-refractivity contribution in [3.05, 3.63) is 18.1 Å². The zero-order valence-electron chi connectivity index (χ0n) is 9.24. The lowest BCUT2D eigenvalue weighted by Crippen LogP contribution is -2.08. The van der Waals surface area contributed by atoms with Crippen LogP contribution in [0.1, 0.15) is 31.1 Å². The van der Waals surface area contributed by atoms with Crippen LogP contribution in [-0.4, -0.2) is 28.4 Å². The van der Waals surface area contributed by atoms with Crippen LogP contribution in [-0.2, 0) is 0 Å². The van der Waals surface area contributed by atoms with Crippen molar-refractivity contribution >= 4 is 0 Å². The van der Waals surface area contributed by atoms with Crippen LogP contribution in [0.3, 0.4) is 0 Å². The van der Waals surface area contributed by atoms with Gasteiger partial charge in [-0.1, -0.05) is 0 Å². The maximum Gasteiger partial charge on any atom is 0.389 e. The lowest BCUT2D eigenvalue weighted by molar-refractivity contribution is -0.136. The number of methoxy groups -OCH3 is 1. The molecule has 0 fully saturated rings. The van der Waals surface area contributed by atoms with Crippen LogP contribution in [0.4, 0.5) is 13.2 Å². The quantitative estimate of drug-likeness (QED) is 0.870. The molecule has 1 heterocycles. The zero-order valence-corrected chi connectivity index (χ0v) is 9.24. The minimum Gasteiger partial charge on any atom is -0.481 e. The van der Waals surface area contributed by atoms with E-state index in [2.05, 4.69) is 9.97 Å². The standard InChI is InChI=1S/C10H13F3N2O2/c1-17-9-5-7(14-6-15-9)8(16)3-2-4-10(11,12)13/h5-6,8,16H,2-4H2,1H3. The molecule has 7 heteroatoms. The summed E-state index contributed by atoms with van der Waals surface area (Å²) in [5.41, 5.74) is 0.263. The molecule has 1 N–H and O–H groups in total. The van der Waals surface area contributed by atoms with Gasteiger partial charge in [0.05, 0.1) is 18.9 Å². The predicted molar refractivity (Wildman–Crippen MR) is 53.4 cm³/mol. The van der Waals surface area contributed by atoms with E-state index in [1.807, 2.05) is 0 Å². The number of alkyl halides is 3. The van der Waals surface area contributed by atoms with Crippen molar-refractivity contribution in [1.82, 2.24) is 9.97 Å². The molecule has 0 aliphatic carbocycles. The number of nitrogens with zero attached hydrogens (tertiary/aromatic N) is 2. The Balaban J connectivity index is 2.49. The van der Waals surface area contributed by atoms with Gasteiger partial charge in [-0.2, -0.15) is 13.2 Å². The molecule has 0 spiro atoms. The van der Waals surface area contributed by atoms with E-state index >= 15 is 0 Å². The number of ether oxygens (including phenoxy) is 1. The molecule has 0 saturated carbocycles. The maximum atomic E-state index is 11.9. The minimum absolute atomic E-state index is 0.000320. The predicted octanol–water partition coefficient (Wildman–Crippen LogP) is 2.25. The molecule has 1 atom stereocenters. The highest BCUT2D eigenvalue weighted by atomic mass is 19.4. The van der Waals surface area contributed by atoms with E-state index in [0.29, 0.717) is 0 Å². The molecular formula is C10H13F3N2O2. The first-order chi connectivity index (χ1) is 7.92. The number of halogens is 3. The fourth-order valence-corrected chi connectivity index (χ4v) is 1.29. The van der Waals surface area contributed by atoms with Crippen LogP contribution in [0.15, 0.2) is 12.4 Å². The van der Waals surface area contributed by atoms with E-state index in [1.165, 1.54) is 19.5 Å². The van der Waals surface area contributed by atoms with Gasteiger partial charge in [0.2, 0.25) is 5.88 Å². The second kappa shape index (κ2) is 5.81. The smallest absolute Gasteiger partial charge is 0.389 e. The summed E-state index contributed by atoms with van der Waals surface area (Å²) in [5, 5.41) is 9.62. The summed E-state index contributed by atoms with van der Waals surface area (Å²) in [6.45, 7) is 0. The van der Waals surface area contributed by atoms with Crippen molar-refractivity contribution in [3.63, 3.8) is 0 Å². The van der Waals surface area contributed by atoms with Crippen LogP contribution in [0.2, 0.25) is 0 Å². The number of aliphatic hydroxyl groups excluding tert-OH is 1. The molecule has 0 radical (unpaired) electrons. The Bertz CT molecular complexity index is 358. The van der Waals surface area contributed by atoms with Gasteiger partial charge in [-0.3, -0.25) is 0 Å². The van der Waals surface area contributed by atoms with E-state index in [9.17, 15) is 18.3 Å². The summed E-state index contributed by atoms with van der Waals surface area (Å²) in [5.74, 6) is 0.268. The monoisotopic (exact) mass is 250 g/mol. The third-order valence-electron chi connectivity index (χ3n) is 2.15. The summed E-state index contributed by atoms with van der Waals surface area (Å²) in [4.78, 5) is 7.52. The lowest BCUT2D eigenvalue weighted by atomic mass is 10.1. The number of hydrogen-bond donors (Lipinski definition) is 1. The van der Waals surface area contributed by atoms with Crippen LogP contribution < -0.4 is 4.74 Å². The minimum atomic E-state index is -4.19. The van der Waals surface area contributed by atoms with Gasteiger partial charge in [0.1, 0.15) is 6.33 Å². The average molecular weight is 250 g/mol. The fourth-order valence-electron chi connectivity index (χ4n) is 1.29. The van der Waals surface area contributed by atoms with Gasteiger partial charge in [-0.15, -0.1) is 0 Å². The Morgan fingerprint density at radius 3 is 2.71 bits per heavy atom. The van der Waals surface area contributed by atoms with Crippen molar-refractivity contribution in [2.24, 2.45) is 0 Å². The van der Waals surface area contributed by atoms with Crippen molar-refractivity contribution in [2.45, 2.75) is 31.5 Å². The molecule has 1 rings (SSSR count). The van der Waals surface area contributed by atoms with Gasteiger partial charge >= 0.3 is 6.18 Å². The molecule has 0 amide bonds. The molecule has 1 aromatic heterocycles. The molecule has 0 aromatic carbocycles. The van der Waals surface area contributed by atoms with Crippen molar-refractivity contribution in [2.75, 3.05) is 7.11 Å². The highest BCUT2D eigenvalue weighted by Crippen LogP contribution is 2.26. The second-order valence-electron chi connectivity index (χ2n) is 3.51. The first kappa shape index (κ1) is 13.7. The van der Waals surface area contributed by atoms with E-state index in [0.717, 1.165) is 0 Å². The highest BCUT2D eigenvalue weighted by molar-refractivity contribution is 5.15. The first-order valence-corrected chi connectivity index (χ1v) is 5.03. The molecule has 0 bridgehead atoms. The van der Waals surface area contributed by atoms with Crippen LogP contribution in [0, 0.1) is 0 Å². The summed E-state index contributed by atoms with van der Waals surface area (Å²) in [7, 11) is 1.40. The van der Waals surface area contributed by atoms with Crippen molar-refractivity contribution in [1.29, 1.82) is 0 Å². The Morgan fingerprint density at radius 1 is 1.41 bits per heavy atom. The largest absolute Gasteiger partial charge is 0.481 e. The average Bonchev–Trinajstić information content (AvgIpc) is 2.27. The molecule has 1 aromatic rings. The van der Waals surface area contributed by atoms with E-state index < -0.39 is 18.7 Å². The Morgan fingerprint density at radius 2 is 2.12 bits per heavy atom. The van der Waals surface area contributed by atoms with Gasteiger partial charge in [0.25, 0.3) is 0 Å².